The predicted octanol–water partition coefficient (Wildman–Crippen LogP) is 1.60. The number of amides is 2. The van der Waals surface area contributed by atoms with Crippen LogP contribution in [0, 0.1) is 12.8 Å². The van der Waals surface area contributed by atoms with Gasteiger partial charge in [0.15, 0.2) is 0 Å². The summed E-state index contributed by atoms with van der Waals surface area (Å²) in [6, 6.07) is 7.76. The molecular formula is C20H31N3O3. The summed E-state index contributed by atoms with van der Waals surface area (Å²) >= 11 is 0. The summed E-state index contributed by atoms with van der Waals surface area (Å²) in [5.41, 5.74) is 2.14. The van der Waals surface area contributed by atoms with Crippen molar-refractivity contribution in [3.63, 3.8) is 0 Å². The summed E-state index contributed by atoms with van der Waals surface area (Å²) in [6.07, 6.45) is 1.14. The standard InChI is InChI=1S/C20H31N3O3/c1-15-8-5-6-9-16(15)19-17(14-18(24)23(19)12-13-26-4)20(25)21-10-7-11-22(2)3/h5-6,8-9,17,19H,7,10-14H2,1-4H3,(H,21,25)/t17-,19+/m1/s1. The maximum absolute atomic E-state index is 12.8. The van der Waals surface area contributed by atoms with Gasteiger partial charge in [0, 0.05) is 26.6 Å². The van der Waals surface area contributed by atoms with Gasteiger partial charge < -0.3 is 19.9 Å². The maximum atomic E-state index is 12.8. The molecule has 1 aliphatic rings. The zero-order valence-corrected chi connectivity index (χ0v) is 16.3. The van der Waals surface area contributed by atoms with E-state index in [1.807, 2.05) is 45.3 Å². The van der Waals surface area contributed by atoms with Crippen molar-refractivity contribution in [3.8, 4) is 0 Å². The quantitative estimate of drug-likeness (QED) is 0.679. The van der Waals surface area contributed by atoms with Crippen molar-refractivity contribution in [2.45, 2.75) is 25.8 Å². The minimum absolute atomic E-state index is 0.0174. The van der Waals surface area contributed by atoms with E-state index < -0.39 is 0 Å². The largest absolute Gasteiger partial charge is 0.383 e. The Balaban J connectivity index is 2.16. The minimum atomic E-state index is -0.361. The van der Waals surface area contributed by atoms with Gasteiger partial charge in [0.1, 0.15) is 0 Å². The van der Waals surface area contributed by atoms with Gasteiger partial charge in [-0.15, -0.1) is 0 Å². The second kappa shape index (κ2) is 9.69. The monoisotopic (exact) mass is 361 g/mol. The molecule has 1 N–H and O–H groups in total. The van der Waals surface area contributed by atoms with Gasteiger partial charge in [0.05, 0.1) is 18.6 Å². The van der Waals surface area contributed by atoms with Crippen LogP contribution in [0.5, 0.6) is 0 Å². The minimum Gasteiger partial charge on any atom is -0.383 e. The molecule has 0 radical (unpaired) electrons. The van der Waals surface area contributed by atoms with E-state index in [4.69, 9.17) is 4.74 Å². The van der Waals surface area contributed by atoms with Gasteiger partial charge in [0.25, 0.3) is 0 Å². The molecule has 0 spiro atoms. The van der Waals surface area contributed by atoms with Crippen LogP contribution in [0.25, 0.3) is 0 Å². The Bertz CT molecular complexity index is 618. The number of ether oxygens (including phenoxy) is 1. The van der Waals surface area contributed by atoms with E-state index in [1.54, 1.807) is 12.0 Å². The fraction of sp³-hybridized carbons (Fsp3) is 0.600. The first-order valence-electron chi connectivity index (χ1n) is 9.22. The summed E-state index contributed by atoms with van der Waals surface area (Å²) in [5, 5.41) is 3.02. The number of carbonyl (C=O) groups excluding carboxylic acids is 2. The van der Waals surface area contributed by atoms with Crippen LogP contribution in [0.4, 0.5) is 0 Å². The summed E-state index contributed by atoms with van der Waals surface area (Å²) in [4.78, 5) is 29.3. The van der Waals surface area contributed by atoms with Crippen LogP contribution in [-0.4, -0.2) is 69.1 Å². The molecule has 0 saturated carbocycles. The number of nitrogens with one attached hydrogen (secondary N) is 1. The van der Waals surface area contributed by atoms with Gasteiger partial charge in [-0.1, -0.05) is 24.3 Å². The number of nitrogens with zero attached hydrogens (tertiary/aromatic N) is 2. The SMILES string of the molecule is COCCN1C(=O)C[C@@H](C(=O)NCCCN(C)C)[C@@H]1c1ccccc1C. The molecule has 1 aromatic carbocycles. The molecule has 6 nitrogen and oxygen atoms in total. The van der Waals surface area contributed by atoms with Crippen molar-refractivity contribution in [1.29, 1.82) is 0 Å². The number of hydrogen-bond acceptors (Lipinski definition) is 4. The predicted molar refractivity (Wildman–Crippen MR) is 102 cm³/mol. The van der Waals surface area contributed by atoms with Gasteiger partial charge >= 0.3 is 0 Å². The molecule has 0 aliphatic carbocycles. The fourth-order valence-electron chi connectivity index (χ4n) is 3.52. The second-order valence-electron chi connectivity index (χ2n) is 7.14. The first kappa shape index (κ1) is 20.4. The Morgan fingerprint density at radius 1 is 1.35 bits per heavy atom. The first-order valence-corrected chi connectivity index (χ1v) is 9.22. The van der Waals surface area contributed by atoms with Gasteiger partial charge in [-0.25, -0.2) is 0 Å². The normalized spacial score (nSPS) is 20.0. The number of methoxy groups -OCH3 is 1. The van der Waals surface area contributed by atoms with E-state index >= 15 is 0 Å². The molecule has 0 bridgehead atoms. The van der Waals surface area contributed by atoms with Crippen molar-refractivity contribution in [3.05, 3.63) is 35.4 Å². The Labute approximate surface area is 156 Å². The van der Waals surface area contributed by atoms with Crippen LogP contribution < -0.4 is 5.32 Å². The highest BCUT2D eigenvalue weighted by molar-refractivity contribution is 5.90. The summed E-state index contributed by atoms with van der Waals surface area (Å²) in [6.45, 7) is 4.54. The molecule has 1 heterocycles. The summed E-state index contributed by atoms with van der Waals surface area (Å²) < 4.78 is 5.17. The summed E-state index contributed by atoms with van der Waals surface area (Å²) in [5.74, 6) is -0.381. The average molecular weight is 361 g/mol. The maximum Gasteiger partial charge on any atom is 0.226 e. The van der Waals surface area contributed by atoms with Crippen LogP contribution in [0.3, 0.4) is 0 Å². The third-order valence-corrected chi connectivity index (χ3v) is 4.89. The van der Waals surface area contributed by atoms with Crippen molar-refractivity contribution >= 4 is 11.8 Å². The lowest BCUT2D eigenvalue weighted by molar-refractivity contribution is -0.129. The molecule has 2 rings (SSSR count). The summed E-state index contributed by atoms with van der Waals surface area (Å²) in [7, 11) is 5.65. The fourth-order valence-corrected chi connectivity index (χ4v) is 3.52. The molecule has 1 aromatic rings. The van der Waals surface area contributed by atoms with Crippen molar-refractivity contribution in [1.82, 2.24) is 15.1 Å². The van der Waals surface area contributed by atoms with Crippen LogP contribution in [0.15, 0.2) is 24.3 Å². The number of aryl methyl sites for hydroxylation is 1. The van der Waals surface area contributed by atoms with E-state index in [9.17, 15) is 9.59 Å². The smallest absolute Gasteiger partial charge is 0.226 e. The van der Waals surface area contributed by atoms with Crippen LogP contribution in [-0.2, 0) is 14.3 Å². The number of benzene rings is 1. The molecule has 26 heavy (non-hydrogen) atoms. The Morgan fingerprint density at radius 3 is 2.73 bits per heavy atom. The molecule has 144 valence electrons. The highest BCUT2D eigenvalue weighted by Gasteiger charge is 2.44. The van der Waals surface area contributed by atoms with Crippen LogP contribution in [0.1, 0.15) is 30.0 Å². The van der Waals surface area contributed by atoms with Gasteiger partial charge in [-0.05, 0) is 45.1 Å². The van der Waals surface area contributed by atoms with Gasteiger partial charge in [0.2, 0.25) is 11.8 Å². The third-order valence-electron chi connectivity index (χ3n) is 4.89. The lowest BCUT2D eigenvalue weighted by atomic mass is 9.90. The number of rotatable bonds is 9. The lowest BCUT2D eigenvalue weighted by Crippen LogP contribution is -2.37. The molecule has 0 aromatic heterocycles. The Kier molecular flexibility index (Phi) is 7.60. The molecule has 6 heteroatoms. The molecule has 1 saturated heterocycles. The number of hydrogen-bond donors (Lipinski definition) is 1. The highest BCUT2D eigenvalue weighted by atomic mass is 16.5. The van der Waals surface area contributed by atoms with E-state index in [1.165, 1.54) is 0 Å². The average Bonchev–Trinajstić information content (AvgIpc) is 2.93. The zero-order chi connectivity index (χ0) is 19.1. The van der Waals surface area contributed by atoms with Crippen molar-refractivity contribution < 1.29 is 14.3 Å². The van der Waals surface area contributed by atoms with E-state index in [-0.39, 0.29) is 30.2 Å². The zero-order valence-electron chi connectivity index (χ0n) is 16.3. The molecular weight excluding hydrogens is 330 g/mol. The topological polar surface area (TPSA) is 61.9 Å². The molecule has 1 aliphatic heterocycles. The number of carbonyl (C=O) groups is 2. The second-order valence-corrected chi connectivity index (χ2v) is 7.14. The van der Waals surface area contributed by atoms with Crippen LogP contribution >= 0.6 is 0 Å². The van der Waals surface area contributed by atoms with E-state index in [0.717, 1.165) is 24.1 Å². The van der Waals surface area contributed by atoms with E-state index in [0.29, 0.717) is 19.7 Å². The van der Waals surface area contributed by atoms with Crippen LogP contribution in [0.2, 0.25) is 0 Å². The number of likely N-dealkylation sites (tertiary alicyclic amines) is 1. The third kappa shape index (κ3) is 5.05. The van der Waals surface area contributed by atoms with Gasteiger partial charge in [-0.2, -0.15) is 0 Å². The molecule has 0 unspecified atom stereocenters. The molecule has 2 atom stereocenters. The lowest BCUT2D eigenvalue weighted by Gasteiger charge is -2.29. The molecule has 2 amide bonds. The van der Waals surface area contributed by atoms with Crippen molar-refractivity contribution in [2.24, 2.45) is 5.92 Å². The van der Waals surface area contributed by atoms with Gasteiger partial charge in [-0.3, -0.25) is 9.59 Å². The Morgan fingerprint density at radius 2 is 2.08 bits per heavy atom. The van der Waals surface area contributed by atoms with Crippen molar-refractivity contribution in [2.75, 3.05) is 47.4 Å². The molecule has 1 fully saturated rings. The van der Waals surface area contributed by atoms with E-state index in [2.05, 4.69) is 10.2 Å². The first-order chi connectivity index (χ1) is 12.5. The Hall–Kier alpha value is -1.92. The highest BCUT2D eigenvalue weighted by Crippen LogP contribution is 2.39.